The number of carbonyl (C=O) groups is 4. The third-order valence-corrected chi connectivity index (χ3v) is 21.1. The third-order valence-electron chi connectivity index (χ3n) is 19.2. The Balaban J connectivity index is 5.25. The first-order chi connectivity index (χ1) is 48.1. The lowest BCUT2D eigenvalue weighted by atomic mass is 9.99. The summed E-state index contributed by atoms with van der Waals surface area (Å²) in [6, 6.07) is 0. The van der Waals surface area contributed by atoms with Crippen LogP contribution in [0.3, 0.4) is 0 Å². The molecule has 0 aromatic heterocycles. The largest absolute Gasteiger partial charge is 0.472 e. The van der Waals surface area contributed by atoms with Crippen LogP contribution in [-0.4, -0.2) is 96.7 Å². The molecule has 17 nitrogen and oxygen atoms in total. The number of esters is 4. The van der Waals surface area contributed by atoms with Crippen molar-refractivity contribution < 1.29 is 80.2 Å². The van der Waals surface area contributed by atoms with Crippen molar-refractivity contribution in [3.63, 3.8) is 0 Å². The fraction of sp³-hybridized carbons (Fsp3) is 0.951. The van der Waals surface area contributed by atoms with E-state index in [0.29, 0.717) is 31.6 Å². The number of phosphoric ester groups is 2. The predicted octanol–water partition coefficient (Wildman–Crippen LogP) is 24.0. The van der Waals surface area contributed by atoms with E-state index < -0.39 is 97.5 Å². The van der Waals surface area contributed by atoms with Gasteiger partial charge < -0.3 is 33.8 Å². The van der Waals surface area contributed by atoms with E-state index in [4.69, 9.17) is 37.0 Å². The minimum Gasteiger partial charge on any atom is -0.462 e. The topological polar surface area (TPSA) is 237 Å². The summed E-state index contributed by atoms with van der Waals surface area (Å²) in [5.41, 5.74) is 0. The molecular formula is C81H158O17P2. The van der Waals surface area contributed by atoms with Gasteiger partial charge in [-0.25, -0.2) is 9.13 Å². The highest BCUT2D eigenvalue weighted by molar-refractivity contribution is 7.47. The molecule has 0 aromatic rings. The molecule has 0 aliphatic rings. The van der Waals surface area contributed by atoms with Crippen LogP contribution < -0.4 is 0 Å². The molecule has 19 heteroatoms. The van der Waals surface area contributed by atoms with Gasteiger partial charge in [0.15, 0.2) is 12.2 Å². The number of hydrogen-bond acceptors (Lipinski definition) is 15. The smallest absolute Gasteiger partial charge is 0.462 e. The molecule has 594 valence electrons. The molecule has 0 bridgehead atoms. The lowest BCUT2D eigenvalue weighted by Crippen LogP contribution is -2.30. The Bertz CT molecular complexity index is 1960. The molecule has 0 amide bonds. The average Bonchev–Trinajstić information content (AvgIpc) is 0.943. The van der Waals surface area contributed by atoms with E-state index in [0.717, 1.165) is 114 Å². The quantitative estimate of drug-likeness (QED) is 0.0222. The third kappa shape index (κ3) is 73.0. The summed E-state index contributed by atoms with van der Waals surface area (Å²) in [5, 5.41) is 10.6. The molecule has 4 unspecified atom stereocenters. The van der Waals surface area contributed by atoms with E-state index in [1.165, 1.54) is 212 Å². The highest BCUT2D eigenvalue weighted by atomic mass is 31.2. The molecule has 0 aliphatic carbocycles. The summed E-state index contributed by atoms with van der Waals surface area (Å²) in [6.45, 7) is 14.3. The molecule has 0 rings (SSSR count). The van der Waals surface area contributed by atoms with E-state index in [9.17, 15) is 43.2 Å². The molecule has 100 heavy (non-hydrogen) atoms. The van der Waals surface area contributed by atoms with Crippen LogP contribution in [0.4, 0.5) is 0 Å². The maximum atomic E-state index is 13.1. The molecule has 0 aliphatic heterocycles. The fourth-order valence-corrected chi connectivity index (χ4v) is 14.0. The van der Waals surface area contributed by atoms with Crippen LogP contribution in [0.1, 0.15) is 415 Å². The monoisotopic (exact) mass is 1470 g/mol. The van der Waals surface area contributed by atoms with Gasteiger partial charge in [0, 0.05) is 25.7 Å². The van der Waals surface area contributed by atoms with Gasteiger partial charge in [0.25, 0.3) is 0 Å². The van der Waals surface area contributed by atoms with Crippen molar-refractivity contribution >= 4 is 39.5 Å². The van der Waals surface area contributed by atoms with Crippen molar-refractivity contribution in [3.8, 4) is 0 Å². The van der Waals surface area contributed by atoms with Gasteiger partial charge in [-0.2, -0.15) is 0 Å². The summed E-state index contributed by atoms with van der Waals surface area (Å²) in [5.74, 6) is 1.01. The van der Waals surface area contributed by atoms with E-state index >= 15 is 0 Å². The molecule has 3 N–H and O–H groups in total. The number of rotatable bonds is 78. The Morgan fingerprint density at radius 3 is 0.710 bits per heavy atom. The normalized spacial score (nSPS) is 14.3. The Morgan fingerprint density at radius 1 is 0.280 bits per heavy atom. The molecule has 0 saturated heterocycles. The molecule has 0 saturated carbocycles. The highest BCUT2D eigenvalue weighted by Crippen LogP contribution is 2.45. The minimum absolute atomic E-state index is 0.106. The number of ether oxygens (including phenoxy) is 4. The number of unbranched alkanes of at least 4 members (excludes halogenated alkanes) is 43. The van der Waals surface area contributed by atoms with Crippen LogP contribution in [0, 0.1) is 23.7 Å². The van der Waals surface area contributed by atoms with Gasteiger partial charge in [-0.05, 0) is 49.4 Å². The molecule has 0 spiro atoms. The second-order valence-corrected chi connectivity index (χ2v) is 33.7. The summed E-state index contributed by atoms with van der Waals surface area (Å²) in [7, 11) is -9.92. The number of hydrogen-bond donors (Lipinski definition) is 3. The number of aliphatic hydroxyl groups excluding tert-OH is 1. The van der Waals surface area contributed by atoms with Crippen molar-refractivity contribution in [1.29, 1.82) is 0 Å². The fourth-order valence-electron chi connectivity index (χ4n) is 12.4. The standard InChI is InChI=1S/C81H158O17P2/c1-9-74(8)60-52-44-36-28-22-15-11-13-16-23-29-37-45-53-61-78(83)91-67-76(97-80(85)63-55-47-38-30-24-17-12-10-14-20-26-33-41-49-57-71(2)3)69-95-99(87,88)93-65-75(82)66-94-100(89,90)96-70-77(68-92-79(84)62-54-46-40-32-35-43-51-59-73(6)7)98-81(86)64-56-48-39-31-25-19-18-21-27-34-42-50-58-72(4)5/h71-77,82H,9-70H2,1-8H3,(H,87,88)(H,89,90)/t74?,75?,76-,77-/m1/s1. The lowest BCUT2D eigenvalue weighted by Gasteiger charge is -2.21. The molecule has 6 atom stereocenters. The lowest BCUT2D eigenvalue weighted by molar-refractivity contribution is -0.161. The number of aliphatic hydroxyl groups is 1. The summed E-state index contributed by atoms with van der Waals surface area (Å²) in [6.07, 6.45) is 56.9. The van der Waals surface area contributed by atoms with Crippen molar-refractivity contribution in [3.05, 3.63) is 0 Å². The number of phosphoric acid groups is 2. The molecule has 0 fully saturated rings. The van der Waals surface area contributed by atoms with Gasteiger partial charge in [-0.3, -0.25) is 37.3 Å². The zero-order valence-corrected chi connectivity index (χ0v) is 67.6. The Hall–Kier alpha value is -1.94. The van der Waals surface area contributed by atoms with Crippen LogP contribution in [0.2, 0.25) is 0 Å². The highest BCUT2D eigenvalue weighted by Gasteiger charge is 2.30. The van der Waals surface area contributed by atoms with Crippen LogP contribution in [0.25, 0.3) is 0 Å². The van der Waals surface area contributed by atoms with Gasteiger partial charge in [0.2, 0.25) is 0 Å². The Kier molecular flexibility index (Phi) is 68.7. The summed E-state index contributed by atoms with van der Waals surface area (Å²) in [4.78, 5) is 73.0. The van der Waals surface area contributed by atoms with Crippen LogP contribution in [-0.2, 0) is 65.4 Å². The summed E-state index contributed by atoms with van der Waals surface area (Å²) >= 11 is 0. The van der Waals surface area contributed by atoms with Crippen molar-refractivity contribution in [2.24, 2.45) is 23.7 Å². The van der Waals surface area contributed by atoms with Crippen LogP contribution >= 0.6 is 15.6 Å². The van der Waals surface area contributed by atoms with Crippen LogP contribution in [0.15, 0.2) is 0 Å². The Morgan fingerprint density at radius 2 is 0.480 bits per heavy atom. The van der Waals surface area contributed by atoms with Crippen molar-refractivity contribution in [2.45, 2.75) is 433 Å². The second kappa shape index (κ2) is 70.1. The zero-order chi connectivity index (χ0) is 73.8. The minimum atomic E-state index is -4.96. The first-order valence-electron chi connectivity index (χ1n) is 41.7. The van der Waals surface area contributed by atoms with Crippen LogP contribution in [0.5, 0.6) is 0 Å². The first kappa shape index (κ1) is 98.1. The zero-order valence-electron chi connectivity index (χ0n) is 65.8. The maximum Gasteiger partial charge on any atom is 0.472 e. The van der Waals surface area contributed by atoms with Gasteiger partial charge in [-0.15, -0.1) is 0 Å². The van der Waals surface area contributed by atoms with Gasteiger partial charge in [-0.1, -0.05) is 364 Å². The Labute approximate surface area is 613 Å². The van der Waals surface area contributed by atoms with Gasteiger partial charge >= 0.3 is 39.5 Å². The van der Waals surface area contributed by atoms with Crippen molar-refractivity contribution in [2.75, 3.05) is 39.6 Å². The second-order valence-electron chi connectivity index (χ2n) is 30.8. The SMILES string of the molecule is CCC(C)CCCCCCCCCCCCCCCCC(=O)OC[C@H](COP(=O)(O)OCC(O)COP(=O)(O)OC[C@@H](COC(=O)CCCCCCCCCC(C)C)OC(=O)CCCCCCCCCCCCCCC(C)C)OC(=O)CCCCCCCCCCCCCCCCC(C)C. The molecule has 0 radical (unpaired) electrons. The molecular weight excluding hydrogens is 1310 g/mol. The van der Waals surface area contributed by atoms with E-state index in [1.807, 2.05) is 0 Å². The van der Waals surface area contributed by atoms with E-state index in [-0.39, 0.29) is 25.7 Å². The van der Waals surface area contributed by atoms with Gasteiger partial charge in [0.1, 0.15) is 19.3 Å². The summed E-state index contributed by atoms with van der Waals surface area (Å²) < 4.78 is 68.7. The predicted molar refractivity (Wildman–Crippen MR) is 409 cm³/mol. The van der Waals surface area contributed by atoms with Crippen molar-refractivity contribution in [1.82, 2.24) is 0 Å². The van der Waals surface area contributed by atoms with Gasteiger partial charge in [0.05, 0.1) is 26.4 Å². The molecule has 0 heterocycles. The maximum absolute atomic E-state index is 13.1. The van der Waals surface area contributed by atoms with E-state index in [1.54, 1.807) is 0 Å². The van der Waals surface area contributed by atoms with E-state index in [2.05, 4.69) is 55.4 Å². The first-order valence-corrected chi connectivity index (χ1v) is 44.7. The molecule has 0 aromatic carbocycles. The average molecular weight is 1470 g/mol. The number of carbonyl (C=O) groups excluding carboxylic acids is 4.